The van der Waals surface area contributed by atoms with Crippen molar-refractivity contribution < 1.29 is 23.1 Å². The number of anilines is 2. The van der Waals surface area contributed by atoms with Gasteiger partial charge in [0, 0.05) is 22.5 Å². The Labute approximate surface area is 179 Å². The van der Waals surface area contributed by atoms with Crippen LogP contribution in [-0.4, -0.2) is 25.2 Å². The predicted molar refractivity (Wildman–Crippen MR) is 116 cm³/mol. The third-order valence-corrected chi connectivity index (χ3v) is 6.60. The minimum absolute atomic E-state index is 0.131. The fraction of sp³-hybridized carbons (Fsp3) is 0.130. The van der Waals surface area contributed by atoms with E-state index in [1.54, 1.807) is 36.4 Å². The highest BCUT2D eigenvalue weighted by Crippen LogP contribution is 2.38. The van der Waals surface area contributed by atoms with Crippen LogP contribution in [0.5, 0.6) is 0 Å². The standard InChI is InChI=1S/C23H20N2O5S/c1-15-6-12-18(13-7-15)31(29,30)25-17-10-8-16(9-11-17)21(26)14-23(28)19-4-2-3-5-20(19)24-22(23)27/h2-13,25,28H,14H2,1H3,(H,24,27)/t23-/m1/s1. The summed E-state index contributed by atoms with van der Waals surface area (Å²) in [5.74, 6) is -1.09. The molecule has 8 heteroatoms. The molecule has 3 aromatic rings. The highest BCUT2D eigenvalue weighted by Gasteiger charge is 2.46. The topological polar surface area (TPSA) is 113 Å². The average Bonchev–Trinajstić information content (AvgIpc) is 2.98. The quantitative estimate of drug-likeness (QED) is 0.514. The minimum atomic E-state index is -3.76. The van der Waals surface area contributed by atoms with Crippen molar-refractivity contribution in [2.75, 3.05) is 10.0 Å². The maximum Gasteiger partial charge on any atom is 0.261 e. The van der Waals surface area contributed by atoms with Gasteiger partial charge in [-0.1, -0.05) is 35.9 Å². The van der Waals surface area contributed by atoms with E-state index in [9.17, 15) is 23.1 Å². The van der Waals surface area contributed by atoms with E-state index in [0.29, 0.717) is 16.9 Å². The summed E-state index contributed by atoms with van der Waals surface area (Å²) < 4.78 is 27.5. The first-order valence-corrected chi connectivity index (χ1v) is 11.0. The predicted octanol–water partition coefficient (Wildman–Crippen LogP) is 3.21. The van der Waals surface area contributed by atoms with Crippen molar-refractivity contribution in [1.82, 2.24) is 0 Å². The number of aryl methyl sites for hydroxylation is 1. The van der Waals surface area contributed by atoms with Crippen LogP contribution in [0.4, 0.5) is 11.4 Å². The van der Waals surface area contributed by atoms with Crippen molar-refractivity contribution in [3.63, 3.8) is 0 Å². The Hall–Kier alpha value is -3.49. The lowest BCUT2D eigenvalue weighted by Gasteiger charge is -2.20. The normalized spacial score (nSPS) is 17.7. The Morgan fingerprint density at radius 2 is 1.65 bits per heavy atom. The van der Waals surface area contributed by atoms with E-state index in [2.05, 4.69) is 10.0 Å². The van der Waals surface area contributed by atoms with Crippen molar-refractivity contribution in [1.29, 1.82) is 0 Å². The first-order valence-electron chi connectivity index (χ1n) is 9.55. The Morgan fingerprint density at radius 1 is 1.00 bits per heavy atom. The lowest BCUT2D eigenvalue weighted by molar-refractivity contribution is -0.133. The monoisotopic (exact) mass is 436 g/mol. The second-order valence-electron chi connectivity index (χ2n) is 7.46. The molecule has 1 atom stereocenters. The van der Waals surface area contributed by atoms with E-state index in [4.69, 9.17) is 0 Å². The van der Waals surface area contributed by atoms with E-state index in [1.807, 2.05) is 6.92 Å². The van der Waals surface area contributed by atoms with Gasteiger partial charge in [-0.25, -0.2) is 8.42 Å². The molecule has 0 aliphatic carbocycles. The Kier molecular flexibility index (Phi) is 5.12. The molecule has 1 aliphatic heterocycles. The summed E-state index contributed by atoms with van der Waals surface area (Å²) in [7, 11) is -3.76. The highest BCUT2D eigenvalue weighted by atomic mass is 32.2. The summed E-state index contributed by atoms with van der Waals surface area (Å²) in [5.41, 5.74) is 0.379. The number of carbonyl (C=O) groups excluding carboxylic acids is 2. The van der Waals surface area contributed by atoms with Gasteiger partial charge < -0.3 is 10.4 Å². The first kappa shape index (κ1) is 20.8. The third kappa shape index (κ3) is 3.95. The molecule has 0 spiro atoms. The fourth-order valence-corrected chi connectivity index (χ4v) is 4.52. The van der Waals surface area contributed by atoms with Gasteiger partial charge >= 0.3 is 0 Å². The molecular weight excluding hydrogens is 416 g/mol. The maximum atomic E-state index is 12.7. The lowest BCUT2D eigenvalue weighted by atomic mass is 9.88. The molecule has 1 heterocycles. The van der Waals surface area contributed by atoms with Crippen LogP contribution in [0, 0.1) is 6.92 Å². The molecular formula is C23H20N2O5S. The number of sulfonamides is 1. The molecule has 4 rings (SSSR count). The van der Waals surface area contributed by atoms with Gasteiger partial charge in [0.05, 0.1) is 11.3 Å². The van der Waals surface area contributed by atoms with Crippen molar-refractivity contribution in [3.05, 3.63) is 89.5 Å². The smallest absolute Gasteiger partial charge is 0.261 e. The van der Waals surface area contributed by atoms with E-state index >= 15 is 0 Å². The second kappa shape index (κ2) is 7.64. The molecule has 0 saturated carbocycles. The summed E-state index contributed by atoms with van der Waals surface area (Å²) in [6.45, 7) is 1.86. The summed E-state index contributed by atoms with van der Waals surface area (Å²) in [6.07, 6.45) is -0.426. The van der Waals surface area contributed by atoms with E-state index in [-0.39, 0.29) is 10.5 Å². The number of amides is 1. The van der Waals surface area contributed by atoms with Crippen LogP contribution < -0.4 is 10.0 Å². The molecule has 1 aliphatic rings. The number of Topliss-reactive ketones (excluding diaryl/α,β-unsaturated/α-hetero) is 1. The summed E-state index contributed by atoms with van der Waals surface area (Å²) in [5, 5.41) is 13.5. The molecule has 1 amide bonds. The van der Waals surface area contributed by atoms with E-state index in [0.717, 1.165) is 5.56 Å². The molecule has 0 unspecified atom stereocenters. The maximum absolute atomic E-state index is 12.7. The number of nitrogens with one attached hydrogen (secondary N) is 2. The average molecular weight is 436 g/mol. The van der Waals surface area contributed by atoms with Gasteiger partial charge in [-0.15, -0.1) is 0 Å². The largest absolute Gasteiger partial charge is 0.375 e. The molecule has 31 heavy (non-hydrogen) atoms. The number of benzene rings is 3. The number of para-hydroxylation sites is 1. The number of aliphatic hydroxyl groups is 1. The summed E-state index contributed by atoms with van der Waals surface area (Å²) in [4.78, 5) is 25.2. The van der Waals surface area contributed by atoms with Crippen molar-refractivity contribution in [2.24, 2.45) is 0 Å². The van der Waals surface area contributed by atoms with Gasteiger partial charge in [0.25, 0.3) is 15.9 Å². The Balaban J connectivity index is 1.50. The molecule has 0 fully saturated rings. The van der Waals surface area contributed by atoms with Gasteiger partial charge in [-0.3, -0.25) is 14.3 Å². The molecule has 7 nitrogen and oxygen atoms in total. The van der Waals surface area contributed by atoms with Crippen LogP contribution in [0.15, 0.2) is 77.7 Å². The molecule has 3 N–H and O–H groups in total. The van der Waals surface area contributed by atoms with Gasteiger partial charge in [-0.05, 0) is 49.4 Å². The minimum Gasteiger partial charge on any atom is -0.375 e. The molecule has 0 bridgehead atoms. The van der Waals surface area contributed by atoms with Crippen LogP contribution in [0.25, 0.3) is 0 Å². The van der Waals surface area contributed by atoms with Gasteiger partial charge in [0.2, 0.25) is 0 Å². The van der Waals surface area contributed by atoms with Crippen LogP contribution >= 0.6 is 0 Å². The fourth-order valence-electron chi connectivity index (χ4n) is 3.47. The van der Waals surface area contributed by atoms with Crippen LogP contribution in [-0.2, 0) is 20.4 Å². The lowest BCUT2D eigenvalue weighted by Crippen LogP contribution is -2.36. The molecule has 0 radical (unpaired) electrons. The van der Waals surface area contributed by atoms with Crippen molar-refractivity contribution in [2.45, 2.75) is 23.8 Å². The molecule has 158 valence electrons. The van der Waals surface area contributed by atoms with E-state index < -0.39 is 33.7 Å². The van der Waals surface area contributed by atoms with Crippen molar-refractivity contribution in [3.8, 4) is 0 Å². The van der Waals surface area contributed by atoms with Crippen molar-refractivity contribution >= 4 is 33.1 Å². The van der Waals surface area contributed by atoms with Crippen LogP contribution in [0.3, 0.4) is 0 Å². The zero-order valence-electron chi connectivity index (χ0n) is 16.6. The summed E-state index contributed by atoms with van der Waals surface area (Å²) >= 11 is 0. The molecule has 3 aromatic carbocycles. The zero-order chi connectivity index (χ0) is 22.2. The summed E-state index contributed by atoms with van der Waals surface area (Å²) in [6, 6.07) is 18.9. The molecule has 0 aromatic heterocycles. The van der Waals surface area contributed by atoms with E-state index in [1.165, 1.54) is 36.4 Å². The van der Waals surface area contributed by atoms with Gasteiger partial charge in [0.1, 0.15) is 0 Å². The number of hydrogen-bond donors (Lipinski definition) is 3. The second-order valence-corrected chi connectivity index (χ2v) is 9.14. The number of ketones is 1. The number of hydrogen-bond acceptors (Lipinski definition) is 5. The number of fused-ring (bicyclic) bond motifs is 1. The zero-order valence-corrected chi connectivity index (χ0v) is 17.4. The Morgan fingerprint density at radius 3 is 2.32 bits per heavy atom. The number of carbonyl (C=O) groups is 2. The Bertz CT molecular complexity index is 1270. The molecule has 0 saturated heterocycles. The van der Waals surface area contributed by atoms with Crippen LogP contribution in [0.1, 0.15) is 27.9 Å². The third-order valence-electron chi connectivity index (χ3n) is 5.20. The first-order chi connectivity index (χ1) is 14.7. The van der Waals surface area contributed by atoms with Gasteiger partial charge in [-0.2, -0.15) is 0 Å². The van der Waals surface area contributed by atoms with Crippen LogP contribution in [0.2, 0.25) is 0 Å². The highest BCUT2D eigenvalue weighted by molar-refractivity contribution is 7.92. The van der Waals surface area contributed by atoms with Gasteiger partial charge in [0.15, 0.2) is 11.4 Å². The number of rotatable bonds is 6. The SMILES string of the molecule is Cc1ccc(S(=O)(=O)Nc2ccc(C(=O)C[C@]3(O)C(=O)Nc4ccccc43)cc2)cc1.